The molecule has 22 heavy (non-hydrogen) atoms. The second-order valence-electron chi connectivity index (χ2n) is 4.96. The average Bonchev–Trinajstić information content (AvgIpc) is 2.50. The summed E-state index contributed by atoms with van der Waals surface area (Å²) in [6, 6.07) is 13.4. The van der Waals surface area contributed by atoms with Crippen molar-refractivity contribution in [1.29, 1.82) is 0 Å². The first kappa shape index (κ1) is 15.7. The maximum atomic E-state index is 13.4. The first-order valence-corrected chi connectivity index (χ1v) is 6.91. The summed E-state index contributed by atoms with van der Waals surface area (Å²) >= 11 is 0. The van der Waals surface area contributed by atoms with E-state index in [-0.39, 0.29) is 18.9 Å². The zero-order chi connectivity index (χ0) is 15.9. The van der Waals surface area contributed by atoms with Crippen molar-refractivity contribution in [2.75, 3.05) is 11.9 Å². The van der Waals surface area contributed by atoms with Crippen molar-refractivity contribution in [3.63, 3.8) is 0 Å². The van der Waals surface area contributed by atoms with E-state index in [0.717, 1.165) is 5.56 Å². The molecular weight excluding hydrogens is 283 g/mol. The molecule has 0 aliphatic rings. The lowest BCUT2D eigenvalue weighted by molar-refractivity contribution is -0.123. The second kappa shape index (κ2) is 7.36. The number of hydrogen-bond acceptors (Lipinski definition) is 2. The Labute approximate surface area is 128 Å². The average molecular weight is 300 g/mol. The van der Waals surface area contributed by atoms with Gasteiger partial charge in [0, 0.05) is 5.69 Å². The molecule has 2 rings (SSSR count). The fraction of sp³-hybridized carbons (Fsp3) is 0.176. The first-order valence-electron chi connectivity index (χ1n) is 6.91. The van der Waals surface area contributed by atoms with Gasteiger partial charge in [0.2, 0.25) is 11.8 Å². The highest BCUT2D eigenvalue weighted by Crippen LogP contribution is 2.08. The molecule has 2 aromatic rings. The highest BCUT2D eigenvalue weighted by atomic mass is 19.1. The van der Waals surface area contributed by atoms with Gasteiger partial charge < -0.3 is 10.6 Å². The molecule has 0 aromatic heterocycles. The molecular formula is C17H17FN2O2. The molecule has 0 spiro atoms. The number of halogens is 1. The summed E-state index contributed by atoms with van der Waals surface area (Å²) in [6.45, 7) is 1.80. The van der Waals surface area contributed by atoms with Crippen LogP contribution in [-0.2, 0) is 16.0 Å². The van der Waals surface area contributed by atoms with Crippen LogP contribution in [0.1, 0.15) is 11.1 Å². The van der Waals surface area contributed by atoms with Crippen LogP contribution in [0, 0.1) is 12.7 Å². The van der Waals surface area contributed by atoms with E-state index in [4.69, 9.17) is 0 Å². The van der Waals surface area contributed by atoms with Gasteiger partial charge >= 0.3 is 0 Å². The molecule has 0 radical (unpaired) electrons. The van der Waals surface area contributed by atoms with Crippen LogP contribution < -0.4 is 10.6 Å². The SMILES string of the molecule is Cc1ccc(NC(=O)CNC(=O)Cc2ccccc2F)cc1. The Hall–Kier alpha value is -2.69. The summed E-state index contributed by atoms with van der Waals surface area (Å²) in [5, 5.41) is 5.14. The van der Waals surface area contributed by atoms with E-state index >= 15 is 0 Å². The van der Waals surface area contributed by atoms with E-state index in [1.54, 1.807) is 30.3 Å². The molecule has 2 aromatic carbocycles. The molecule has 0 unspecified atom stereocenters. The molecule has 0 atom stereocenters. The molecule has 4 nitrogen and oxygen atoms in total. The fourth-order valence-electron chi connectivity index (χ4n) is 1.90. The lowest BCUT2D eigenvalue weighted by atomic mass is 10.1. The highest BCUT2D eigenvalue weighted by molar-refractivity contribution is 5.94. The Balaban J connectivity index is 1.79. The van der Waals surface area contributed by atoms with Crippen LogP contribution in [0.4, 0.5) is 10.1 Å². The minimum Gasteiger partial charge on any atom is -0.347 e. The Bertz CT molecular complexity index is 669. The van der Waals surface area contributed by atoms with Gasteiger partial charge in [-0.05, 0) is 30.7 Å². The van der Waals surface area contributed by atoms with E-state index in [9.17, 15) is 14.0 Å². The van der Waals surface area contributed by atoms with Gasteiger partial charge in [-0.15, -0.1) is 0 Å². The lowest BCUT2D eigenvalue weighted by Crippen LogP contribution is -2.33. The van der Waals surface area contributed by atoms with Crippen LogP contribution >= 0.6 is 0 Å². The summed E-state index contributed by atoms with van der Waals surface area (Å²) in [4.78, 5) is 23.4. The third-order valence-corrected chi connectivity index (χ3v) is 3.09. The first-order chi connectivity index (χ1) is 10.5. The van der Waals surface area contributed by atoms with Gasteiger partial charge in [-0.25, -0.2) is 4.39 Å². The Morgan fingerprint density at radius 3 is 2.36 bits per heavy atom. The summed E-state index contributed by atoms with van der Waals surface area (Å²) in [5.74, 6) is -1.16. The minimum absolute atomic E-state index is 0.0928. The predicted molar refractivity (Wildman–Crippen MR) is 82.9 cm³/mol. The Morgan fingerprint density at radius 1 is 1.00 bits per heavy atom. The number of hydrogen-bond donors (Lipinski definition) is 2. The molecule has 114 valence electrons. The maximum Gasteiger partial charge on any atom is 0.243 e. The van der Waals surface area contributed by atoms with Gasteiger partial charge in [0.1, 0.15) is 5.82 Å². The van der Waals surface area contributed by atoms with Gasteiger partial charge in [0.25, 0.3) is 0 Å². The summed E-state index contributed by atoms with van der Waals surface area (Å²) in [5.41, 5.74) is 2.06. The number of aryl methyl sites for hydroxylation is 1. The number of nitrogens with one attached hydrogen (secondary N) is 2. The molecule has 0 saturated heterocycles. The van der Waals surface area contributed by atoms with Crippen LogP contribution in [0.2, 0.25) is 0 Å². The standard InChI is InChI=1S/C17H17FN2O2/c1-12-6-8-14(9-7-12)20-17(22)11-19-16(21)10-13-4-2-3-5-15(13)18/h2-9H,10-11H2,1H3,(H,19,21)(H,20,22). The summed E-state index contributed by atoms with van der Waals surface area (Å²) in [6.07, 6.45) is -0.0928. The van der Waals surface area contributed by atoms with Crippen LogP contribution in [0.25, 0.3) is 0 Å². The van der Waals surface area contributed by atoms with Crippen molar-refractivity contribution in [1.82, 2.24) is 5.32 Å². The second-order valence-corrected chi connectivity index (χ2v) is 4.96. The number of carbonyl (C=O) groups excluding carboxylic acids is 2. The van der Waals surface area contributed by atoms with Crippen LogP contribution in [-0.4, -0.2) is 18.4 Å². The topological polar surface area (TPSA) is 58.2 Å². The molecule has 2 N–H and O–H groups in total. The van der Waals surface area contributed by atoms with E-state index in [0.29, 0.717) is 11.3 Å². The number of benzene rings is 2. The van der Waals surface area contributed by atoms with Crippen LogP contribution in [0.5, 0.6) is 0 Å². The van der Waals surface area contributed by atoms with Crippen molar-refractivity contribution in [3.8, 4) is 0 Å². The monoisotopic (exact) mass is 300 g/mol. The van der Waals surface area contributed by atoms with Crippen molar-refractivity contribution in [2.45, 2.75) is 13.3 Å². The maximum absolute atomic E-state index is 13.4. The normalized spacial score (nSPS) is 10.1. The fourth-order valence-corrected chi connectivity index (χ4v) is 1.90. The molecule has 2 amide bonds. The van der Waals surface area contributed by atoms with Crippen molar-refractivity contribution in [3.05, 3.63) is 65.5 Å². The lowest BCUT2D eigenvalue weighted by Gasteiger charge is -2.07. The number of rotatable bonds is 5. The van der Waals surface area contributed by atoms with Crippen molar-refractivity contribution in [2.24, 2.45) is 0 Å². The molecule has 0 bridgehead atoms. The van der Waals surface area contributed by atoms with Gasteiger partial charge in [-0.2, -0.15) is 0 Å². The largest absolute Gasteiger partial charge is 0.347 e. The smallest absolute Gasteiger partial charge is 0.243 e. The van der Waals surface area contributed by atoms with Gasteiger partial charge in [0.15, 0.2) is 0 Å². The van der Waals surface area contributed by atoms with Crippen molar-refractivity contribution >= 4 is 17.5 Å². The molecule has 5 heteroatoms. The Morgan fingerprint density at radius 2 is 1.68 bits per heavy atom. The minimum atomic E-state index is -0.429. The molecule has 0 fully saturated rings. The van der Waals surface area contributed by atoms with Crippen LogP contribution in [0.15, 0.2) is 48.5 Å². The molecule has 0 aliphatic heterocycles. The summed E-state index contributed by atoms with van der Waals surface area (Å²) < 4.78 is 13.4. The summed E-state index contributed by atoms with van der Waals surface area (Å²) in [7, 11) is 0. The molecule has 0 saturated carbocycles. The van der Waals surface area contributed by atoms with Crippen LogP contribution in [0.3, 0.4) is 0 Å². The number of amides is 2. The van der Waals surface area contributed by atoms with E-state index in [1.807, 2.05) is 19.1 Å². The quantitative estimate of drug-likeness (QED) is 0.891. The third kappa shape index (κ3) is 4.70. The number of carbonyl (C=O) groups is 2. The van der Waals surface area contributed by atoms with E-state index in [1.165, 1.54) is 6.07 Å². The van der Waals surface area contributed by atoms with Gasteiger partial charge in [0.05, 0.1) is 13.0 Å². The van der Waals surface area contributed by atoms with Crippen molar-refractivity contribution < 1.29 is 14.0 Å². The van der Waals surface area contributed by atoms with Gasteiger partial charge in [-0.3, -0.25) is 9.59 Å². The zero-order valence-corrected chi connectivity index (χ0v) is 12.2. The molecule has 0 heterocycles. The highest BCUT2D eigenvalue weighted by Gasteiger charge is 2.09. The van der Waals surface area contributed by atoms with E-state index < -0.39 is 11.7 Å². The number of anilines is 1. The zero-order valence-electron chi connectivity index (χ0n) is 12.2. The van der Waals surface area contributed by atoms with Gasteiger partial charge in [-0.1, -0.05) is 35.9 Å². The Kier molecular flexibility index (Phi) is 5.25. The molecule has 0 aliphatic carbocycles. The third-order valence-electron chi connectivity index (χ3n) is 3.09. The van der Waals surface area contributed by atoms with E-state index in [2.05, 4.69) is 10.6 Å². The predicted octanol–water partition coefficient (Wildman–Crippen LogP) is 2.43.